The van der Waals surface area contributed by atoms with E-state index in [1.165, 1.54) is 5.56 Å². The van der Waals surface area contributed by atoms with E-state index in [1.54, 1.807) is 29.3 Å². The number of rotatable bonds is 3. The van der Waals surface area contributed by atoms with Gasteiger partial charge in [-0.1, -0.05) is 57.4 Å². The number of hydrogen-bond donors (Lipinski definition) is 0. The van der Waals surface area contributed by atoms with Crippen LogP contribution in [0.3, 0.4) is 0 Å². The molecule has 3 aromatic rings. The average Bonchev–Trinajstić information content (AvgIpc) is 3.19. The summed E-state index contributed by atoms with van der Waals surface area (Å²) >= 11 is 9.54. The number of halogens is 2. The van der Waals surface area contributed by atoms with Crippen LogP contribution in [0.4, 0.5) is 0 Å². The highest BCUT2D eigenvalue weighted by molar-refractivity contribution is 9.10. The first-order valence-electron chi connectivity index (χ1n) is 9.68. The number of ether oxygens (including phenoxy) is 1. The quantitative estimate of drug-likeness (QED) is 0.421. The zero-order valence-electron chi connectivity index (χ0n) is 16.2. The Labute approximate surface area is 188 Å². The molecule has 0 amide bonds. The van der Waals surface area contributed by atoms with Crippen LogP contribution in [0.5, 0.6) is 5.75 Å². The summed E-state index contributed by atoms with van der Waals surface area (Å²) in [6, 6.07) is 21.0. The second kappa shape index (κ2) is 7.56. The van der Waals surface area contributed by atoms with Gasteiger partial charge >= 0.3 is 0 Å². The lowest BCUT2D eigenvalue weighted by molar-refractivity contribution is -0.00459. The number of carbonyl (C=O) groups is 1. The van der Waals surface area contributed by atoms with Crippen molar-refractivity contribution in [3.8, 4) is 5.75 Å². The van der Waals surface area contributed by atoms with Gasteiger partial charge in [0.15, 0.2) is 0 Å². The Morgan fingerprint density at radius 3 is 2.57 bits per heavy atom. The Kier molecular flexibility index (Phi) is 4.88. The molecule has 0 N–H and O–H groups in total. The van der Waals surface area contributed by atoms with Crippen molar-refractivity contribution in [2.24, 2.45) is 5.10 Å². The van der Waals surface area contributed by atoms with Gasteiger partial charge in [0.2, 0.25) is 5.78 Å². The molecule has 0 aromatic heterocycles. The summed E-state index contributed by atoms with van der Waals surface area (Å²) in [6.07, 6.45) is -0.118. The number of fused-ring (bicyclic) bond motifs is 3. The van der Waals surface area contributed by atoms with Crippen molar-refractivity contribution in [1.29, 1.82) is 0 Å². The van der Waals surface area contributed by atoms with E-state index >= 15 is 0 Å². The second-order valence-electron chi connectivity index (χ2n) is 7.54. The fourth-order valence-corrected chi connectivity index (χ4v) is 4.41. The van der Waals surface area contributed by atoms with E-state index in [4.69, 9.17) is 21.4 Å². The normalized spacial score (nSPS) is 19.6. The standard InChI is InChI=1S/C24H18BrClN2O2/c1-14-2-4-15(5-3-14)20-13-21-19-12-17(25)8-11-22(19)30-24(28(21)27-20)23(29)16-6-9-18(26)10-7-16/h2-12,21,24H,13H2,1H3/t21-,24+/m0/s1. The predicted octanol–water partition coefficient (Wildman–Crippen LogP) is 6.16. The Morgan fingerprint density at radius 2 is 1.83 bits per heavy atom. The molecule has 0 radical (unpaired) electrons. The minimum absolute atomic E-state index is 0.0659. The summed E-state index contributed by atoms with van der Waals surface area (Å²) in [5, 5.41) is 7.24. The molecule has 0 fully saturated rings. The third-order valence-electron chi connectivity index (χ3n) is 5.49. The van der Waals surface area contributed by atoms with Crippen LogP contribution in [0.1, 0.15) is 39.5 Å². The number of hydrogen-bond acceptors (Lipinski definition) is 4. The highest BCUT2D eigenvalue weighted by Crippen LogP contribution is 2.44. The number of carbonyl (C=O) groups excluding carboxylic acids is 1. The number of benzene rings is 3. The molecule has 0 unspecified atom stereocenters. The lowest BCUT2D eigenvalue weighted by Gasteiger charge is -2.37. The first kappa shape index (κ1) is 19.3. The molecule has 0 saturated carbocycles. The van der Waals surface area contributed by atoms with Gasteiger partial charge in [0.25, 0.3) is 6.23 Å². The molecule has 0 aliphatic carbocycles. The van der Waals surface area contributed by atoms with Gasteiger partial charge < -0.3 is 4.74 Å². The molecule has 0 saturated heterocycles. The molecule has 4 nitrogen and oxygen atoms in total. The molecule has 2 atom stereocenters. The van der Waals surface area contributed by atoms with E-state index in [1.807, 2.05) is 18.2 Å². The summed E-state index contributed by atoms with van der Waals surface area (Å²) in [4.78, 5) is 13.3. The fraction of sp³-hybridized carbons (Fsp3) is 0.167. The monoisotopic (exact) mass is 480 g/mol. The van der Waals surface area contributed by atoms with Crippen molar-refractivity contribution in [2.75, 3.05) is 0 Å². The maximum absolute atomic E-state index is 13.3. The van der Waals surface area contributed by atoms with Gasteiger partial charge in [0.1, 0.15) is 5.75 Å². The molecule has 6 heteroatoms. The highest BCUT2D eigenvalue weighted by Gasteiger charge is 2.43. The zero-order chi connectivity index (χ0) is 20.8. The van der Waals surface area contributed by atoms with E-state index < -0.39 is 6.23 Å². The van der Waals surface area contributed by atoms with E-state index in [2.05, 4.69) is 47.1 Å². The van der Waals surface area contributed by atoms with Crippen LogP contribution in [0.15, 0.2) is 76.3 Å². The smallest absolute Gasteiger partial charge is 0.251 e. The van der Waals surface area contributed by atoms with Crippen molar-refractivity contribution in [1.82, 2.24) is 5.01 Å². The largest absolute Gasteiger partial charge is 0.461 e. The van der Waals surface area contributed by atoms with Crippen molar-refractivity contribution in [2.45, 2.75) is 25.6 Å². The molecule has 2 aliphatic heterocycles. The van der Waals surface area contributed by atoms with Gasteiger partial charge in [-0.2, -0.15) is 5.10 Å². The minimum Gasteiger partial charge on any atom is -0.461 e. The van der Waals surface area contributed by atoms with Crippen LogP contribution in [-0.2, 0) is 0 Å². The number of nitrogens with zero attached hydrogens (tertiary/aromatic N) is 2. The Bertz CT molecular complexity index is 1160. The Hall–Kier alpha value is -2.63. The molecular weight excluding hydrogens is 464 g/mol. The summed E-state index contributed by atoms with van der Waals surface area (Å²) in [5.41, 5.74) is 4.77. The molecule has 5 rings (SSSR count). The van der Waals surface area contributed by atoms with Gasteiger partial charge in [-0.15, -0.1) is 0 Å². The number of ketones is 1. The highest BCUT2D eigenvalue weighted by atomic mass is 79.9. The minimum atomic E-state index is -0.826. The Morgan fingerprint density at radius 1 is 1.10 bits per heavy atom. The first-order valence-corrected chi connectivity index (χ1v) is 10.9. The van der Waals surface area contributed by atoms with Crippen LogP contribution < -0.4 is 4.74 Å². The maximum atomic E-state index is 13.3. The zero-order valence-corrected chi connectivity index (χ0v) is 18.5. The third-order valence-corrected chi connectivity index (χ3v) is 6.23. The topological polar surface area (TPSA) is 41.9 Å². The molecular formula is C24H18BrClN2O2. The third kappa shape index (κ3) is 3.42. The van der Waals surface area contributed by atoms with Crippen LogP contribution >= 0.6 is 27.5 Å². The number of aryl methyl sites for hydroxylation is 1. The predicted molar refractivity (Wildman–Crippen MR) is 121 cm³/mol. The molecule has 0 bridgehead atoms. The van der Waals surface area contributed by atoms with Crippen LogP contribution in [0.25, 0.3) is 0 Å². The molecule has 3 aromatic carbocycles. The second-order valence-corrected chi connectivity index (χ2v) is 8.89. The lowest BCUT2D eigenvalue weighted by atomic mass is 9.95. The van der Waals surface area contributed by atoms with Crippen molar-refractivity contribution >= 4 is 39.0 Å². The summed E-state index contributed by atoms with van der Waals surface area (Å²) in [7, 11) is 0. The lowest BCUT2D eigenvalue weighted by Crippen LogP contribution is -2.45. The van der Waals surface area contributed by atoms with Crippen LogP contribution in [-0.4, -0.2) is 22.7 Å². The van der Waals surface area contributed by atoms with Gasteiger partial charge in [0.05, 0.1) is 11.8 Å². The maximum Gasteiger partial charge on any atom is 0.251 e. The van der Waals surface area contributed by atoms with E-state index in [-0.39, 0.29) is 11.8 Å². The summed E-state index contributed by atoms with van der Waals surface area (Å²) < 4.78 is 7.13. The van der Waals surface area contributed by atoms with Crippen LogP contribution in [0.2, 0.25) is 5.02 Å². The molecule has 30 heavy (non-hydrogen) atoms. The number of hydrazone groups is 1. The van der Waals surface area contributed by atoms with Crippen molar-refractivity contribution in [3.05, 3.63) is 98.5 Å². The van der Waals surface area contributed by atoms with E-state index in [0.717, 1.165) is 21.3 Å². The summed E-state index contributed by atoms with van der Waals surface area (Å²) in [5.74, 6) is 0.575. The van der Waals surface area contributed by atoms with Crippen molar-refractivity contribution < 1.29 is 9.53 Å². The Balaban J connectivity index is 1.57. The molecule has 2 aliphatic rings. The summed E-state index contributed by atoms with van der Waals surface area (Å²) in [6.45, 7) is 2.06. The van der Waals surface area contributed by atoms with E-state index in [9.17, 15) is 4.79 Å². The molecule has 150 valence electrons. The van der Waals surface area contributed by atoms with Gasteiger partial charge in [-0.25, -0.2) is 5.01 Å². The van der Waals surface area contributed by atoms with Crippen molar-refractivity contribution in [3.63, 3.8) is 0 Å². The van der Waals surface area contributed by atoms with Crippen LogP contribution in [0, 0.1) is 6.92 Å². The molecule has 0 spiro atoms. The molecule has 2 heterocycles. The van der Waals surface area contributed by atoms with Gasteiger partial charge in [-0.3, -0.25) is 4.79 Å². The van der Waals surface area contributed by atoms with E-state index in [0.29, 0.717) is 22.8 Å². The fourth-order valence-electron chi connectivity index (χ4n) is 3.91. The SMILES string of the molecule is Cc1ccc(C2=NN3[C@@H](C(=O)c4ccc(Cl)cc4)Oc4ccc(Br)cc4[C@@H]3C2)cc1. The van der Waals surface area contributed by atoms with Gasteiger partial charge in [0, 0.05) is 27.0 Å². The van der Waals surface area contributed by atoms with Gasteiger partial charge in [-0.05, 0) is 55.0 Å². The number of Topliss-reactive ketones (excluding diaryl/α,β-unsaturated/α-hetero) is 1. The average molecular weight is 482 g/mol. The first-order chi connectivity index (χ1) is 14.5.